The number of carbonyl (C=O) groups is 3. The maximum Gasteiger partial charge on any atom is 0.338 e. The van der Waals surface area contributed by atoms with Gasteiger partial charge in [-0.15, -0.1) is 0 Å². The summed E-state index contributed by atoms with van der Waals surface area (Å²) in [6.45, 7) is 1.38. The molecule has 0 saturated carbocycles. The molecule has 0 aliphatic carbocycles. The van der Waals surface area contributed by atoms with Gasteiger partial charge in [0.1, 0.15) is 5.82 Å². The molecule has 0 saturated heterocycles. The third-order valence-corrected chi connectivity index (χ3v) is 3.70. The van der Waals surface area contributed by atoms with Crippen molar-refractivity contribution >= 4 is 35.1 Å². The molecule has 26 heavy (non-hydrogen) atoms. The molecule has 1 N–H and O–H groups in total. The first-order chi connectivity index (χ1) is 12.3. The quantitative estimate of drug-likeness (QED) is 0.805. The normalized spacial score (nSPS) is 11.4. The molecular formula is C18H15ClFNO5. The molecule has 136 valence electrons. The van der Waals surface area contributed by atoms with Crippen LogP contribution in [0.1, 0.15) is 27.6 Å². The molecule has 0 aliphatic heterocycles. The predicted molar refractivity (Wildman–Crippen MR) is 92.7 cm³/mol. The summed E-state index contributed by atoms with van der Waals surface area (Å²) < 4.78 is 22.6. The van der Waals surface area contributed by atoms with Gasteiger partial charge in [0.05, 0.1) is 28.9 Å². The summed E-state index contributed by atoms with van der Waals surface area (Å²) in [6.07, 6.45) is -1.12. The van der Waals surface area contributed by atoms with Crippen LogP contribution in [-0.4, -0.2) is 31.1 Å². The number of nitrogens with one attached hydrogen (secondary N) is 1. The number of esters is 2. The smallest absolute Gasteiger partial charge is 0.338 e. The minimum absolute atomic E-state index is 0.0234. The Bertz CT molecular complexity index is 838. The van der Waals surface area contributed by atoms with E-state index in [1.165, 1.54) is 44.4 Å². The van der Waals surface area contributed by atoms with Gasteiger partial charge in [-0.05, 0) is 49.4 Å². The van der Waals surface area contributed by atoms with Crippen LogP contribution in [0.25, 0.3) is 0 Å². The van der Waals surface area contributed by atoms with Gasteiger partial charge in [-0.2, -0.15) is 0 Å². The van der Waals surface area contributed by atoms with Gasteiger partial charge in [-0.25, -0.2) is 14.0 Å². The minimum Gasteiger partial charge on any atom is -0.465 e. The van der Waals surface area contributed by atoms with Crippen molar-refractivity contribution in [3.05, 3.63) is 64.4 Å². The average molecular weight is 380 g/mol. The number of carbonyl (C=O) groups excluding carboxylic acids is 3. The van der Waals surface area contributed by atoms with Gasteiger partial charge in [0.25, 0.3) is 5.91 Å². The van der Waals surface area contributed by atoms with Crippen LogP contribution in [0.4, 0.5) is 10.1 Å². The molecule has 0 bridgehead atoms. The standard InChI is InChI=1S/C18H15ClFNO5/c1-10(16(22)21-15-8-7-13(20)9-14(15)19)26-18(24)12-5-3-11(4-6-12)17(23)25-2/h3-10H,1-2H3,(H,21,22)/t10-/m0/s1. The van der Waals surface area contributed by atoms with Crippen molar-refractivity contribution in [1.29, 1.82) is 0 Å². The minimum atomic E-state index is -1.12. The zero-order valence-corrected chi connectivity index (χ0v) is 14.7. The summed E-state index contributed by atoms with van der Waals surface area (Å²) in [5.74, 6) is -2.44. The average Bonchev–Trinajstić information content (AvgIpc) is 2.63. The van der Waals surface area contributed by atoms with Gasteiger partial charge in [0.15, 0.2) is 6.10 Å². The molecule has 0 spiro atoms. The van der Waals surface area contributed by atoms with Gasteiger partial charge in [0, 0.05) is 0 Å². The number of ether oxygens (including phenoxy) is 2. The van der Waals surface area contributed by atoms with E-state index < -0.39 is 29.8 Å². The van der Waals surface area contributed by atoms with E-state index in [1.54, 1.807) is 0 Å². The van der Waals surface area contributed by atoms with Gasteiger partial charge < -0.3 is 14.8 Å². The number of hydrogen-bond acceptors (Lipinski definition) is 5. The van der Waals surface area contributed by atoms with Crippen LogP contribution in [0.5, 0.6) is 0 Å². The highest BCUT2D eigenvalue weighted by Gasteiger charge is 2.20. The molecule has 0 fully saturated rings. The summed E-state index contributed by atoms with van der Waals surface area (Å²) in [6, 6.07) is 9.08. The summed E-state index contributed by atoms with van der Waals surface area (Å²) in [7, 11) is 1.25. The molecular weight excluding hydrogens is 365 g/mol. The highest BCUT2D eigenvalue weighted by atomic mass is 35.5. The lowest BCUT2D eigenvalue weighted by atomic mass is 10.1. The van der Waals surface area contributed by atoms with E-state index in [0.717, 1.165) is 12.1 Å². The zero-order chi connectivity index (χ0) is 19.3. The number of benzene rings is 2. The maximum atomic E-state index is 13.0. The third-order valence-electron chi connectivity index (χ3n) is 3.38. The van der Waals surface area contributed by atoms with Gasteiger partial charge in [-0.3, -0.25) is 4.79 Å². The van der Waals surface area contributed by atoms with Crippen molar-refractivity contribution in [3.63, 3.8) is 0 Å². The van der Waals surface area contributed by atoms with Crippen LogP contribution in [0, 0.1) is 5.82 Å². The Morgan fingerprint density at radius 2 is 1.62 bits per heavy atom. The Kier molecular flexibility index (Phi) is 6.30. The molecule has 0 heterocycles. The number of methoxy groups -OCH3 is 1. The third kappa shape index (κ3) is 4.80. The molecule has 0 unspecified atom stereocenters. The monoisotopic (exact) mass is 379 g/mol. The van der Waals surface area contributed by atoms with Crippen LogP contribution >= 0.6 is 11.6 Å². The van der Waals surface area contributed by atoms with Gasteiger partial charge >= 0.3 is 11.9 Å². The van der Waals surface area contributed by atoms with Crippen molar-refractivity contribution in [3.8, 4) is 0 Å². The van der Waals surface area contributed by atoms with E-state index in [0.29, 0.717) is 0 Å². The second-order valence-corrected chi connectivity index (χ2v) is 5.64. The molecule has 1 amide bonds. The van der Waals surface area contributed by atoms with Crippen LogP contribution in [0.3, 0.4) is 0 Å². The lowest BCUT2D eigenvalue weighted by Crippen LogP contribution is -2.30. The Morgan fingerprint density at radius 1 is 1.04 bits per heavy atom. The Labute approximate surface area is 153 Å². The largest absolute Gasteiger partial charge is 0.465 e. The molecule has 2 rings (SSSR count). The number of hydrogen-bond donors (Lipinski definition) is 1. The van der Waals surface area contributed by atoms with E-state index in [9.17, 15) is 18.8 Å². The number of rotatable bonds is 5. The number of halogens is 2. The molecule has 0 aromatic heterocycles. The topological polar surface area (TPSA) is 81.7 Å². The Balaban J connectivity index is 1.99. The molecule has 2 aromatic carbocycles. The van der Waals surface area contributed by atoms with E-state index >= 15 is 0 Å². The lowest BCUT2D eigenvalue weighted by Gasteiger charge is -2.14. The van der Waals surface area contributed by atoms with Crippen LogP contribution in [0.15, 0.2) is 42.5 Å². The number of amides is 1. The SMILES string of the molecule is COC(=O)c1ccc(C(=O)O[C@@H](C)C(=O)Nc2ccc(F)cc2Cl)cc1. The van der Waals surface area contributed by atoms with Crippen molar-refractivity contribution < 1.29 is 28.2 Å². The number of anilines is 1. The van der Waals surface area contributed by atoms with E-state index in [-0.39, 0.29) is 21.8 Å². The fourth-order valence-corrected chi connectivity index (χ4v) is 2.18. The molecule has 2 aromatic rings. The molecule has 6 nitrogen and oxygen atoms in total. The van der Waals surface area contributed by atoms with Crippen molar-refractivity contribution in [1.82, 2.24) is 0 Å². The van der Waals surface area contributed by atoms with Crippen molar-refractivity contribution in [2.45, 2.75) is 13.0 Å². The first kappa shape index (κ1) is 19.4. The Morgan fingerprint density at radius 3 is 2.15 bits per heavy atom. The summed E-state index contributed by atoms with van der Waals surface area (Å²) in [5.41, 5.74) is 0.640. The molecule has 0 radical (unpaired) electrons. The first-order valence-electron chi connectivity index (χ1n) is 7.47. The van der Waals surface area contributed by atoms with E-state index in [2.05, 4.69) is 10.1 Å². The Hall–Kier alpha value is -2.93. The van der Waals surface area contributed by atoms with Gasteiger partial charge in [-0.1, -0.05) is 11.6 Å². The van der Waals surface area contributed by atoms with Crippen LogP contribution in [0.2, 0.25) is 5.02 Å². The zero-order valence-electron chi connectivity index (χ0n) is 13.9. The van der Waals surface area contributed by atoms with Crippen molar-refractivity contribution in [2.24, 2.45) is 0 Å². The fourth-order valence-electron chi connectivity index (χ4n) is 1.97. The molecule has 0 aliphatic rings. The predicted octanol–water partition coefficient (Wildman–Crippen LogP) is 3.45. The summed E-state index contributed by atoms with van der Waals surface area (Å²) >= 11 is 5.83. The molecule has 8 heteroatoms. The molecule has 1 atom stereocenters. The maximum absolute atomic E-state index is 13.0. The van der Waals surface area contributed by atoms with Crippen LogP contribution < -0.4 is 5.32 Å². The van der Waals surface area contributed by atoms with E-state index in [4.69, 9.17) is 16.3 Å². The van der Waals surface area contributed by atoms with Gasteiger partial charge in [0.2, 0.25) is 0 Å². The summed E-state index contributed by atoms with van der Waals surface area (Å²) in [5, 5.41) is 2.47. The lowest BCUT2D eigenvalue weighted by molar-refractivity contribution is -0.123. The second-order valence-electron chi connectivity index (χ2n) is 5.23. The van der Waals surface area contributed by atoms with Crippen LogP contribution in [-0.2, 0) is 14.3 Å². The fraction of sp³-hybridized carbons (Fsp3) is 0.167. The first-order valence-corrected chi connectivity index (χ1v) is 7.85. The second kappa shape index (κ2) is 8.44. The highest BCUT2D eigenvalue weighted by molar-refractivity contribution is 6.33. The highest BCUT2D eigenvalue weighted by Crippen LogP contribution is 2.22. The van der Waals surface area contributed by atoms with Crippen molar-refractivity contribution in [2.75, 3.05) is 12.4 Å². The summed E-state index contributed by atoms with van der Waals surface area (Å²) in [4.78, 5) is 35.5. The van der Waals surface area contributed by atoms with E-state index in [1.807, 2.05) is 0 Å².